The molecule has 0 aliphatic rings. The molecule has 0 fully saturated rings. The number of hydrogen-bond acceptors (Lipinski definition) is 4. The number of urea groups is 1. The maximum Gasteiger partial charge on any atom is 0.325 e. The van der Waals surface area contributed by atoms with E-state index in [1.807, 2.05) is 13.0 Å². The van der Waals surface area contributed by atoms with Gasteiger partial charge < -0.3 is 10.1 Å². The van der Waals surface area contributed by atoms with Gasteiger partial charge >= 0.3 is 12.0 Å². The molecule has 1 heterocycles. The van der Waals surface area contributed by atoms with Crippen LogP contribution in [0, 0.1) is 6.92 Å². The molecule has 0 unspecified atom stereocenters. The normalized spacial score (nSPS) is 9.53. The van der Waals surface area contributed by atoms with Crippen molar-refractivity contribution in [2.24, 2.45) is 0 Å². The van der Waals surface area contributed by atoms with Gasteiger partial charge in [0.1, 0.15) is 12.4 Å². The van der Waals surface area contributed by atoms with E-state index in [9.17, 15) is 9.59 Å². The van der Waals surface area contributed by atoms with Gasteiger partial charge in [-0.05, 0) is 31.5 Å². The lowest BCUT2D eigenvalue weighted by Gasteiger charge is -2.06. The molecule has 2 amide bonds. The number of carbonyl (C=O) groups excluding carboxylic acids is 2. The van der Waals surface area contributed by atoms with Crippen LogP contribution in [0.2, 0.25) is 0 Å². The number of rotatable bonds is 4. The Kier molecular flexibility index (Phi) is 4.93. The number of anilines is 1. The molecule has 1 rings (SSSR count). The second-order valence-corrected chi connectivity index (χ2v) is 3.33. The fraction of sp³-hybridized carbons (Fsp3) is 0.364. The molecule has 0 saturated carbocycles. The van der Waals surface area contributed by atoms with Crippen molar-refractivity contribution >= 4 is 17.8 Å². The van der Waals surface area contributed by atoms with E-state index in [1.54, 1.807) is 19.2 Å². The van der Waals surface area contributed by atoms with Crippen LogP contribution >= 0.6 is 0 Å². The predicted octanol–water partition coefficient (Wildman–Crippen LogP) is 1.07. The summed E-state index contributed by atoms with van der Waals surface area (Å²) in [5, 5.41) is 4.88. The van der Waals surface area contributed by atoms with E-state index >= 15 is 0 Å². The Balaban J connectivity index is 2.37. The molecule has 0 aliphatic carbocycles. The Morgan fingerprint density at radius 2 is 2.24 bits per heavy atom. The number of amides is 2. The SMILES string of the molecule is CCOC(=O)CNC(=O)Nc1cc(C)ccn1. The standard InChI is InChI=1S/C11H15N3O3/c1-3-17-10(15)7-13-11(16)14-9-6-8(2)4-5-12-9/h4-6H,3,7H2,1-2H3,(H2,12,13,14,16). The third-order valence-corrected chi connectivity index (χ3v) is 1.86. The van der Waals surface area contributed by atoms with Gasteiger partial charge in [-0.2, -0.15) is 0 Å². The Morgan fingerprint density at radius 1 is 1.47 bits per heavy atom. The van der Waals surface area contributed by atoms with Gasteiger partial charge in [0.05, 0.1) is 6.61 Å². The third kappa shape index (κ3) is 4.96. The van der Waals surface area contributed by atoms with Crippen LogP contribution in [0.5, 0.6) is 0 Å². The van der Waals surface area contributed by atoms with Crippen molar-refractivity contribution in [3.05, 3.63) is 23.9 Å². The largest absolute Gasteiger partial charge is 0.465 e. The number of esters is 1. The van der Waals surface area contributed by atoms with Crippen molar-refractivity contribution < 1.29 is 14.3 Å². The number of nitrogens with one attached hydrogen (secondary N) is 2. The van der Waals surface area contributed by atoms with Crippen molar-refractivity contribution in [2.75, 3.05) is 18.5 Å². The summed E-state index contributed by atoms with van der Waals surface area (Å²) in [7, 11) is 0. The molecule has 92 valence electrons. The first kappa shape index (κ1) is 13.0. The summed E-state index contributed by atoms with van der Waals surface area (Å²) in [6.07, 6.45) is 1.59. The minimum absolute atomic E-state index is 0.161. The molecule has 1 aromatic heterocycles. The molecule has 1 aromatic rings. The van der Waals surface area contributed by atoms with Crippen molar-refractivity contribution in [3.63, 3.8) is 0 Å². The first-order valence-corrected chi connectivity index (χ1v) is 5.25. The van der Waals surface area contributed by atoms with Crippen LogP contribution in [0.3, 0.4) is 0 Å². The van der Waals surface area contributed by atoms with Crippen molar-refractivity contribution in [1.29, 1.82) is 0 Å². The number of carbonyl (C=O) groups is 2. The van der Waals surface area contributed by atoms with Gasteiger partial charge in [-0.3, -0.25) is 10.1 Å². The summed E-state index contributed by atoms with van der Waals surface area (Å²) in [4.78, 5) is 26.3. The Morgan fingerprint density at radius 3 is 2.88 bits per heavy atom. The van der Waals surface area contributed by atoms with Gasteiger partial charge in [-0.15, -0.1) is 0 Å². The molecular formula is C11H15N3O3. The molecule has 6 nitrogen and oxygen atoms in total. The molecular weight excluding hydrogens is 222 g/mol. The third-order valence-electron chi connectivity index (χ3n) is 1.86. The maximum atomic E-state index is 11.4. The highest BCUT2D eigenvalue weighted by molar-refractivity contribution is 5.90. The Hall–Kier alpha value is -2.11. The highest BCUT2D eigenvalue weighted by atomic mass is 16.5. The van der Waals surface area contributed by atoms with Gasteiger partial charge in [-0.25, -0.2) is 9.78 Å². The second-order valence-electron chi connectivity index (χ2n) is 3.33. The number of hydrogen-bond donors (Lipinski definition) is 2. The van der Waals surface area contributed by atoms with Crippen LogP contribution < -0.4 is 10.6 Å². The number of ether oxygens (including phenoxy) is 1. The Labute approximate surface area is 99.4 Å². The predicted molar refractivity (Wildman–Crippen MR) is 62.6 cm³/mol. The van der Waals surface area contributed by atoms with E-state index in [-0.39, 0.29) is 6.54 Å². The molecule has 0 saturated heterocycles. The lowest BCUT2D eigenvalue weighted by Crippen LogP contribution is -2.34. The molecule has 0 aliphatic heterocycles. The van der Waals surface area contributed by atoms with Gasteiger partial charge in [0.2, 0.25) is 0 Å². The van der Waals surface area contributed by atoms with Crippen molar-refractivity contribution in [3.8, 4) is 0 Å². The topological polar surface area (TPSA) is 80.3 Å². The lowest BCUT2D eigenvalue weighted by molar-refractivity contribution is -0.141. The number of aryl methyl sites for hydroxylation is 1. The van der Waals surface area contributed by atoms with E-state index in [2.05, 4.69) is 20.4 Å². The van der Waals surface area contributed by atoms with Crippen molar-refractivity contribution in [1.82, 2.24) is 10.3 Å². The molecule has 0 spiro atoms. The summed E-state index contributed by atoms with van der Waals surface area (Å²) in [6, 6.07) is 3.06. The van der Waals surface area contributed by atoms with E-state index in [0.717, 1.165) is 5.56 Å². The lowest BCUT2D eigenvalue weighted by atomic mass is 10.3. The molecule has 0 aromatic carbocycles. The smallest absolute Gasteiger partial charge is 0.325 e. The number of nitrogens with zero attached hydrogens (tertiary/aromatic N) is 1. The molecule has 17 heavy (non-hydrogen) atoms. The summed E-state index contributed by atoms with van der Waals surface area (Å²) in [5.74, 6) is -0.0359. The van der Waals surface area contributed by atoms with E-state index in [1.165, 1.54) is 0 Å². The summed E-state index contributed by atoms with van der Waals surface area (Å²) in [5.41, 5.74) is 0.987. The fourth-order valence-electron chi connectivity index (χ4n) is 1.13. The minimum Gasteiger partial charge on any atom is -0.465 e. The quantitative estimate of drug-likeness (QED) is 0.768. The monoisotopic (exact) mass is 237 g/mol. The van der Waals surface area contributed by atoms with E-state index < -0.39 is 12.0 Å². The van der Waals surface area contributed by atoms with Crippen LogP contribution in [-0.2, 0) is 9.53 Å². The van der Waals surface area contributed by atoms with Crippen LogP contribution in [-0.4, -0.2) is 30.1 Å². The van der Waals surface area contributed by atoms with Crippen LogP contribution in [0.1, 0.15) is 12.5 Å². The highest BCUT2D eigenvalue weighted by Crippen LogP contribution is 2.04. The van der Waals surface area contributed by atoms with Gasteiger partial charge in [-0.1, -0.05) is 0 Å². The van der Waals surface area contributed by atoms with E-state index in [4.69, 9.17) is 0 Å². The van der Waals surface area contributed by atoms with E-state index in [0.29, 0.717) is 12.4 Å². The van der Waals surface area contributed by atoms with Crippen LogP contribution in [0.15, 0.2) is 18.3 Å². The average Bonchev–Trinajstić information content (AvgIpc) is 2.27. The van der Waals surface area contributed by atoms with Crippen molar-refractivity contribution in [2.45, 2.75) is 13.8 Å². The number of pyridine rings is 1. The molecule has 0 bridgehead atoms. The number of aromatic nitrogens is 1. The van der Waals surface area contributed by atoms with Gasteiger partial charge in [0, 0.05) is 6.20 Å². The second kappa shape index (κ2) is 6.47. The summed E-state index contributed by atoms with van der Waals surface area (Å²) < 4.78 is 4.66. The fourth-order valence-corrected chi connectivity index (χ4v) is 1.13. The summed E-state index contributed by atoms with van der Waals surface area (Å²) in [6.45, 7) is 3.73. The van der Waals surface area contributed by atoms with Gasteiger partial charge in [0.15, 0.2) is 0 Å². The van der Waals surface area contributed by atoms with Crippen LogP contribution in [0.25, 0.3) is 0 Å². The van der Waals surface area contributed by atoms with Crippen LogP contribution in [0.4, 0.5) is 10.6 Å². The zero-order valence-electron chi connectivity index (χ0n) is 9.82. The highest BCUT2D eigenvalue weighted by Gasteiger charge is 2.06. The average molecular weight is 237 g/mol. The molecule has 0 atom stereocenters. The zero-order chi connectivity index (χ0) is 12.7. The zero-order valence-corrected chi connectivity index (χ0v) is 9.82. The first-order chi connectivity index (χ1) is 8.11. The minimum atomic E-state index is -0.490. The summed E-state index contributed by atoms with van der Waals surface area (Å²) >= 11 is 0. The maximum absolute atomic E-state index is 11.4. The molecule has 6 heteroatoms. The Bertz CT molecular complexity index is 407. The molecule has 0 radical (unpaired) electrons. The molecule has 2 N–H and O–H groups in total. The first-order valence-electron chi connectivity index (χ1n) is 5.25. The van der Waals surface area contributed by atoms with Gasteiger partial charge in [0.25, 0.3) is 0 Å².